The molecule has 2 aromatic heterocycles. The van der Waals surface area contributed by atoms with Crippen molar-refractivity contribution in [3.63, 3.8) is 0 Å². The number of aryl methyl sites for hydroxylation is 1. The summed E-state index contributed by atoms with van der Waals surface area (Å²) in [6.07, 6.45) is 1.55. The number of nitriles is 1. The predicted molar refractivity (Wildman–Crippen MR) is 128 cm³/mol. The quantitative estimate of drug-likeness (QED) is 0.377. The zero-order valence-electron chi connectivity index (χ0n) is 18.4. The number of nitrogens with one attached hydrogen (secondary N) is 1. The number of benzene rings is 2. The van der Waals surface area contributed by atoms with Gasteiger partial charge in [-0.25, -0.2) is 4.98 Å². The van der Waals surface area contributed by atoms with E-state index in [-0.39, 0.29) is 35.9 Å². The maximum absolute atomic E-state index is 13.1. The third-order valence-electron chi connectivity index (χ3n) is 5.50. The van der Waals surface area contributed by atoms with Crippen LogP contribution in [0.15, 0.2) is 71.7 Å². The van der Waals surface area contributed by atoms with Crippen LogP contribution in [-0.2, 0) is 17.8 Å². The summed E-state index contributed by atoms with van der Waals surface area (Å²) in [6, 6.07) is 19.3. The van der Waals surface area contributed by atoms with Crippen LogP contribution < -0.4 is 10.9 Å². The number of amides is 1. The lowest BCUT2D eigenvalue weighted by atomic mass is 10.1. The molecule has 3 N–H and O–H groups in total. The van der Waals surface area contributed by atoms with Crippen molar-refractivity contribution in [3.05, 3.63) is 99.7 Å². The molecule has 4 rings (SSSR count). The molecule has 0 unspecified atom stereocenters. The van der Waals surface area contributed by atoms with E-state index in [1.54, 1.807) is 24.3 Å². The standard InChI is InChI=1S/C26H20N4O5/c27-14-20-22-18(12-13-30(26(22)35)15-16-6-2-1-3-7-16)24(33)23(28-20)25(34)29-19-9-5-4-8-17(19)10-11-21(31)32/h1-9,12-13,33H,10-11,15H2,(H,29,34)(H,31,32). The molecule has 0 aliphatic heterocycles. The van der Waals surface area contributed by atoms with Crippen LogP contribution in [-0.4, -0.2) is 31.6 Å². The van der Waals surface area contributed by atoms with Crippen molar-refractivity contribution in [2.45, 2.75) is 19.4 Å². The Morgan fingerprint density at radius 1 is 1.06 bits per heavy atom. The molecule has 9 nitrogen and oxygen atoms in total. The SMILES string of the molecule is N#Cc1nc(C(=O)Nc2ccccc2CCC(=O)O)c(O)c2ccn(Cc3ccccc3)c(=O)c12. The Labute approximate surface area is 199 Å². The minimum Gasteiger partial charge on any atom is -0.505 e. The minimum absolute atomic E-state index is 0.0372. The number of hydrogen-bond acceptors (Lipinski definition) is 6. The molecule has 0 fully saturated rings. The number of para-hydroxylation sites is 1. The van der Waals surface area contributed by atoms with Gasteiger partial charge in [0.1, 0.15) is 6.07 Å². The second-order valence-electron chi connectivity index (χ2n) is 7.80. The van der Waals surface area contributed by atoms with Crippen molar-refractivity contribution in [3.8, 4) is 11.8 Å². The van der Waals surface area contributed by atoms with Gasteiger partial charge in [0.2, 0.25) is 0 Å². The van der Waals surface area contributed by atoms with Crippen LogP contribution in [0.4, 0.5) is 5.69 Å². The molecule has 0 spiro atoms. The van der Waals surface area contributed by atoms with Gasteiger partial charge in [-0.1, -0.05) is 48.5 Å². The summed E-state index contributed by atoms with van der Waals surface area (Å²) < 4.78 is 1.40. The zero-order chi connectivity index (χ0) is 24.9. The van der Waals surface area contributed by atoms with E-state index in [9.17, 15) is 24.8 Å². The van der Waals surface area contributed by atoms with Gasteiger partial charge in [-0.3, -0.25) is 14.4 Å². The number of fused-ring (bicyclic) bond motifs is 1. The number of carbonyl (C=O) groups excluding carboxylic acids is 1. The number of rotatable bonds is 7. The lowest BCUT2D eigenvalue weighted by Crippen LogP contribution is -2.22. The van der Waals surface area contributed by atoms with Gasteiger partial charge in [0.05, 0.1) is 11.9 Å². The monoisotopic (exact) mass is 468 g/mol. The highest BCUT2D eigenvalue weighted by Gasteiger charge is 2.22. The molecule has 2 heterocycles. The minimum atomic E-state index is -0.975. The maximum atomic E-state index is 13.1. The molecule has 0 aliphatic carbocycles. The van der Waals surface area contributed by atoms with Crippen LogP contribution in [0.1, 0.15) is 33.7 Å². The summed E-state index contributed by atoms with van der Waals surface area (Å²) in [5.41, 5.74) is 0.611. The lowest BCUT2D eigenvalue weighted by Gasteiger charge is -2.13. The number of aromatic nitrogens is 2. The van der Waals surface area contributed by atoms with Gasteiger partial charge in [-0.15, -0.1) is 0 Å². The Bertz CT molecular complexity index is 1540. The number of aromatic hydroxyl groups is 1. The number of nitrogens with zero attached hydrogens (tertiary/aromatic N) is 3. The molecule has 0 radical (unpaired) electrons. The first kappa shape index (κ1) is 23.2. The van der Waals surface area contributed by atoms with Crippen molar-refractivity contribution in [1.82, 2.24) is 9.55 Å². The molecule has 35 heavy (non-hydrogen) atoms. The maximum Gasteiger partial charge on any atom is 0.303 e. The molecule has 0 atom stereocenters. The van der Waals surface area contributed by atoms with Crippen LogP contribution >= 0.6 is 0 Å². The fourth-order valence-electron chi connectivity index (χ4n) is 3.78. The number of carboxylic acids is 1. The summed E-state index contributed by atoms with van der Waals surface area (Å²) in [4.78, 5) is 41.0. The molecule has 0 aliphatic rings. The second-order valence-corrected chi connectivity index (χ2v) is 7.80. The lowest BCUT2D eigenvalue weighted by molar-refractivity contribution is -0.136. The highest BCUT2D eigenvalue weighted by molar-refractivity contribution is 6.09. The first-order chi connectivity index (χ1) is 16.9. The summed E-state index contributed by atoms with van der Waals surface area (Å²) in [5.74, 6) is -2.29. The predicted octanol–water partition coefficient (Wildman–Crippen LogP) is 3.29. The largest absolute Gasteiger partial charge is 0.505 e. The zero-order valence-corrected chi connectivity index (χ0v) is 18.4. The van der Waals surface area contributed by atoms with Gasteiger partial charge in [-0.05, 0) is 29.7 Å². The van der Waals surface area contributed by atoms with Gasteiger partial charge in [0, 0.05) is 23.7 Å². The summed E-state index contributed by atoms with van der Waals surface area (Å²) in [6.45, 7) is 0.261. The third-order valence-corrected chi connectivity index (χ3v) is 5.50. The van der Waals surface area contributed by atoms with Crippen molar-refractivity contribution >= 4 is 28.3 Å². The molecule has 0 saturated heterocycles. The van der Waals surface area contributed by atoms with Crippen molar-refractivity contribution in [2.75, 3.05) is 5.32 Å². The molecular formula is C26H20N4O5. The van der Waals surface area contributed by atoms with Crippen molar-refractivity contribution < 1.29 is 19.8 Å². The Morgan fingerprint density at radius 2 is 1.77 bits per heavy atom. The topological polar surface area (TPSA) is 145 Å². The molecule has 4 aromatic rings. The Balaban J connectivity index is 1.72. The van der Waals surface area contributed by atoms with E-state index in [1.165, 1.54) is 16.8 Å². The fourth-order valence-corrected chi connectivity index (χ4v) is 3.78. The molecular weight excluding hydrogens is 448 g/mol. The first-order valence-electron chi connectivity index (χ1n) is 10.7. The summed E-state index contributed by atoms with van der Waals surface area (Å²) >= 11 is 0. The van der Waals surface area contributed by atoms with Crippen LogP contribution in [0.2, 0.25) is 0 Å². The van der Waals surface area contributed by atoms with E-state index in [0.717, 1.165) is 5.56 Å². The van der Waals surface area contributed by atoms with E-state index < -0.39 is 28.9 Å². The molecule has 9 heteroatoms. The van der Waals surface area contributed by atoms with Crippen molar-refractivity contribution in [1.29, 1.82) is 5.26 Å². The highest BCUT2D eigenvalue weighted by Crippen LogP contribution is 2.28. The third kappa shape index (κ3) is 4.86. The summed E-state index contributed by atoms with van der Waals surface area (Å²) in [5, 5.41) is 32.0. The van der Waals surface area contributed by atoms with Crippen LogP contribution in [0, 0.1) is 11.3 Å². The average molecular weight is 468 g/mol. The van der Waals surface area contributed by atoms with E-state index in [0.29, 0.717) is 11.3 Å². The Hall–Kier alpha value is -4.97. The van der Waals surface area contributed by atoms with E-state index >= 15 is 0 Å². The van der Waals surface area contributed by atoms with Gasteiger partial charge >= 0.3 is 5.97 Å². The van der Waals surface area contributed by atoms with Gasteiger partial charge in [-0.2, -0.15) is 5.26 Å². The molecule has 0 bridgehead atoms. The van der Waals surface area contributed by atoms with Crippen LogP contribution in [0.25, 0.3) is 10.8 Å². The van der Waals surface area contributed by atoms with Gasteiger partial charge in [0.15, 0.2) is 17.1 Å². The highest BCUT2D eigenvalue weighted by atomic mass is 16.4. The Kier molecular flexibility index (Phi) is 6.55. The number of carboxylic acid groups (broad SMARTS) is 1. The number of carbonyl (C=O) groups is 2. The number of aliphatic carboxylic acids is 1. The fraction of sp³-hybridized carbons (Fsp3) is 0.115. The molecule has 0 saturated carbocycles. The van der Waals surface area contributed by atoms with E-state index in [1.807, 2.05) is 36.4 Å². The molecule has 174 valence electrons. The van der Waals surface area contributed by atoms with E-state index in [2.05, 4.69) is 10.3 Å². The number of anilines is 1. The average Bonchev–Trinajstić information content (AvgIpc) is 2.86. The smallest absolute Gasteiger partial charge is 0.303 e. The number of hydrogen-bond donors (Lipinski definition) is 3. The first-order valence-corrected chi connectivity index (χ1v) is 10.7. The van der Waals surface area contributed by atoms with Crippen molar-refractivity contribution in [2.24, 2.45) is 0 Å². The van der Waals surface area contributed by atoms with Crippen LogP contribution in [0.5, 0.6) is 5.75 Å². The Morgan fingerprint density at radius 3 is 2.49 bits per heavy atom. The normalized spacial score (nSPS) is 10.6. The molecule has 1 amide bonds. The second kappa shape index (κ2) is 9.89. The van der Waals surface area contributed by atoms with E-state index in [4.69, 9.17) is 5.11 Å². The molecule has 2 aromatic carbocycles. The summed E-state index contributed by atoms with van der Waals surface area (Å²) in [7, 11) is 0. The number of pyridine rings is 2. The van der Waals surface area contributed by atoms with Gasteiger partial charge < -0.3 is 20.1 Å². The van der Waals surface area contributed by atoms with Crippen LogP contribution in [0.3, 0.4) is 0 Å². The van der Waals surface area contributed by atoms with Gasteiger partial charge in [0.25, 0.3) is 11.5 Å².